The maximum Gasteiger partial charge on any atom is 0.342 e. The fraction of sp³-hybridized carbons (Fsp3) is 0.250. The molecule has 0 radical (unpaired) electrons. The minimum atomic E-state index is -4.32. The first-order valence-electron chi connectivity index (χ1n) is 10.1. The van der Waals surface area contributed by atoms with Crippen LogP contribution in [0.3, 0.4) is 0 Å². The van der Waals surface area contributed by atoms with Gasteiger partial charge in [-0.2, -0.15) is 0 Å². The number of allylic oxidation sites excluding steroid dienone is 5. The number of hydrogen-bond donors (Lipinski definition) is 2. The second-order valence-corrected chi connectivity index (χ2v) is 10.0. The molecule has 6 heteroatoms. The minimum Gasteiger partial charge on any atom is -0.324 e. The summed E-state index contributed by atoms with van der Waals surface area (Å²) in [6.45, 7) is 0.224. The van der Waals surface area contributed by atoms with Gasteiger partial charge in [0.25, 0.3) is 0 Å². The van der Waals surface area contributed by atoms with E-state index in [0.29, 0.717) is 6.42 Å². The minimum absolute atomic E-state index is 0.184. The Kier molecular flexibility index (Phi) is 5.70. The van der Waals surface area contributed by atoms with Crippen LogP contribution in [-0.4, -0.2) is 21.2 Å². The number of rotatable bonds is 6. The summed E-state index contributed by atoms with van der Waals surface area (Å²) in [7, 11) is -4.32. The van der Waals surface area contributed by atoms with Crippen LogP contribution in [0.2, 0.25) is 0 Å². The van der Waals surface area contributed by atoms with Crippen LogP contribution in [0.1, 0.15) is 24.0 Å². The predicted molar refractivity (Wildman–Crippen MR) is 118 cm³/mol. The summed E-state index contributed by atoms with van der Waals surface area (Å²) in [5.41, 5.74) is 2.24. The molecule has 2 aliphatic rings. The van der Waals surface area contributed by atoms with E-state index in [2.05, 4.69) is 47.5 Å². The molecule has 2 heterocycles. The first-order chi connectivity index (χ1) is 14.4. The fourth-order valence-corrected chi connectivity index (χ4v) is 5.20. The molecule has 0 saturated carbocycles. The van der Waals surface area contributed by atoms with Gasteiger partial charge in [0.05, 0.1) is 0 Å². The fourth-order valence-electron chi connectivity index (χ4n) is 4.23. The molecular formula is C24H26N2O3P+. The SMILES string of the molecule is O=P(O)(O)C1(C[n+]2ccc(C3(Cc4ccccc4)C=CN=CC3)cc2)C=CC=CC1. The number of benzene rings is 1. The zero-order chi connectivity index (χ0) is 21.1. The summed E-state index contributed by atoms with van der Waals surface area (Å²) in [5.74, 6) is 0. The molecule has 1 aromatic carbocycles. The molecule has 2 aromatic rings. The van der Waals surface area contributed by atoms with Crippen molar-refractivity contribution in [2.75, 3.05) is 0 Å². The van der Waals surface area contributed by atoms with Crippen molar-refractivity contribution < 1.29 is 18.9 Å². The van der Waals surface area contributed by atoms with Crippen molar-refractivity contribution in [1.82, 2.24) is 0 Å². The van der Waals surface area contributed by atoms with Gasteiger partial charge in [0.15, 0.2) is 24.1 Å². The summed E-state index contributed by atoms with van der Waals surface area (Å²) in [6, 6.07) is 14.5. The van der Waals surface area contributed by atoms with Gasteiger partial charge in [-0.15, -0.1) is 0 Å². The van der Waals surface area contributed by atoms with Crippen molar-refractivity contribution in [3.63, 3.8) is 0 Å². The highest BCUT2D eigenvalue weighted by molar-refractivity contribution is 7.53. The normalized spacial score (nSPS) is 25.5. The van der Waals surface area contributed by atoms with E-state index in [9.17, 15) is 14.4 Å². The van der Waals surface area contributed by atoms with E-state index in [0.717, 1.165) is 18.4 Å². The van der Waals surface area contributed by atoms with E-state index in [1.807, 2.05) is 47.6 Å². The van der Waals surface area contributed by atoms with E-state index >= 15 is 0 Å². The molecule has 1 aliphatic carbocycles. The summed E-state index contributed by atoms with van der Waals surface area (Å²) >= 11 is 0. The molecule has 30 heavy (non-hydrogen) atoms. The number of nitrogens with zero attached hydrogens (tertiary/aromatic N) is 2. The van der Waals surface area contributed by atoms with Crippen molar-refractivity contribution in [2.45, 2.75) is 36.4 Å². The van der Waals surface area contributed by atoms with Gasteiger partial charge in [-0.1, -0.05) is 60.7 Å². The molecule has 154 valence electrons. The van der Waals surface area contributed by atoms with Gasteiger partial charge >= 0.3 is 7.60 Å². The zero-order valence-electron chi connectivity index (χ0n) is 16.7. The number of hydrogen-bond acceptors (Lipinski definition) is 2. The molecule has 2 unspecified atom stereocenters. The van der Waals surface area contributed by atoms with Crippen LogP contribution in [0.4, 0.5) is 0 Å². The van der Waals surface area contributed by atoms with Crippen molar-refractivity contribution in [1.29, 1.82) is 0 Å². The highest BCUT2D eigenvalue weighted by Gasteiger charge is 2.48. The van der Waals surface area contributed by atoms with Gasteiger partial charge in [-0.25, -0.2) is 4.57 Å². The zero-order valence-corrected chi connectivity index (χ0v) is 17.6. The summed E-state index contributed by atoms with van der Waals surface area (Å²) in [4.78, 5) is 24.3. The van der Waals surface area contributed by atoms with E-state index in [1.165, 1.54) is 5.56 Å². The van der Waals surface area contributed by atoms with E-state index in [-0.39, 0.29) is 12.0 Å². The second-order valence-electron chi connectivity index (χ2n) is 8.07. The third kappa shape index (κ3) is 4.15. The van der Waals surface area contributed by atoms with Crippen LogP contribution in [0, 0.1) is 0 Å². The lowest BCUT2D eigenvalue weighted by atomic mass is 9.73. The summed E-state index contributed by atoms with van der Waals surface area (Å²) in [6.07, 6.45) is 18.8. The molecule has 1 aromatic heterocycles. The maximum absolute atomic E-state index is 12.3. The van der Waals surface area contributed by atoms with Gasteiger partial charge in [-0.3, -0.25) is 9.56 Å². The van der Waals surface area contributed by atoms with E-state index in [4.69, 9.17) is 0 Å². The smallest absolute Gasteiger partial charge is 0.324 e. The summed E-state index contributed by atoms with van der Waals surface area (Å²) in [5, 5.41) is -1.20. The Hall–Kier alpha value is -2.59. The lowest BCUT2D eigenvalue weighted by molar-refractivity contribution is -0.699. The Morgan fingerprint density at radius 3 is 2.37 bits per heavy atom. The van der Waals surface area contributed by atoms with Crippen LogP contribution in [0.15, 0.2) is 96.4 Å². The van der Waals surface area contributed by atoms with E-state index < -0.39 is 12.8 Å². The number of pyridine rings is 1. The van der Waals surface area contributed by atoms with Gasteiger partial charge in [0, 0.05) is 30.0 Å². The Bertz CT molecular complexity index is 1050. The topological polar surface area (TPSA) is 73.8 Å². The molecule has 0 amide bonds. The molecule has 5 nitrogen and oxygen atoms in total. The van der Waals surface area contributed by atoms with Gasteiger partial charge in [0.2, 0.25) is 0 Å². The molecule has 1 aliphatic heterocycles. The molecule has 0 bridgehead atoms. The number of aliphatic imine (C=N–C) groups is 1. The van der Waals surface area contributed by atoms with Gasteiger partial charge < -0.3 is 9.79 Å². The second kappa shape index (κ2) is 8.27. The third-order valence-electron chi connectivity index (χ3n) is 6.03. The van der Waals surface area contributed by atoms with Crippen LogP contribution < -0.4 is 4.57 Å². The number of aromatic nitrogens is 1. The molecule has 0 fully saturated rings. The van der Waals surface area contributed by atoms with Crippen molar-refractivity contribution >= 4 is 13.8 Å². The quantitative estimate of drug-likeness (QED) is 0.549. The third-order valence-corrected chi connectivity index (χ3v) is 7.66. The molecule has 0 saturated heterocycles. The largest absolute Gasteiger partial charge is 0.342 e. The monoisotopic (exact) mass is 421 g/mol. The molecule has 2 atom stereocenters. The van der Waals surface area contributed by atoms with Crippen LogP contribution in [-0.2, 0) is 22.9 Å². The van der Waals surface area contributed by atoms with Crippen molar-refractivity contribution in [3.8, 4) is 0 Å². The van der Waals surface area contributed by atoms with E-state index in [1.54, 1.807) is 12.2 Å². The Balaban J connectivity index is 1.62. The average molecular weight is 421 g/mol. The molecule has 0 spiro atoms. The molecule has 2 N–H and O–H groups in total. The lowest BCUT2D eigenvalue weighted by Crippen LogP contribution is -2.47. The average Bonchev–Trinajstić information content (AvgIpc) is 2.75. The van der Waals surface area contributed by atoms with Crippen molar-refractivity contribution in [3.05, 3.63) is 103 Å². The van der Waals surface area contributed by atoms with Gasteiger partial charge in [0.1, 0.15) is 0 Å². The lowest BCUT2D eigenvalue weighted by Gasteiger charge is -2.32. The highest BCUT2D eigenvalue weighted by Crippen LogP contribution is 2.54. The maximum atomic E-state index is 12.3. The Labute approximate surface area is 177 Å². The van der Waals surface area contributed by atoms with Crippen LogP contribution in [0.5, 0.6) is 0 Å². The first-order valence-corrected chi connectivity index (χ1v) is 11.7. The predicted octanol–water partition coefficient (Wildman–Crippen LogP) is 3.88. The Morgan fingerprint density at radius 2 is 1.77 bits per heavy atom. The summed E-state index contributed by atoms with van der Waals surface area (Å²) < 4.78 is 14.1. The molecule has 4 rings (SSSR count). The van der Waals surface area contributed by atoms with Crippen LogP contribution >= 0.6 is 7.60 Å². The van der Waals surface area contributed by atoms with Crippen LogP contribution in [0.25, 0.3) is 0 Å². The highest BCUT2D eigenvalue weighted by atomic mass is 31.2. The van der Waals surface area contributed by atoms with Crippen molar-refractivity contribution in [2.24, 2.45) is 4.99 Å². The first kappa shape index (κ1) is 20.7. The molecular weight excluding hydrogens is 395 g/mol. The van der Waals surface area contributed by atoms with Gasteiger partial charge in [-0.05, 0) is 30.4 Å². The standard InChI is InChI=1S/C24H25N2O3P/c27-30(28,29)24(11-5-2-6-12-24)20-26-17-9-22(10-18-26)23(13-15-25-16-14-23)19-21-7-3-1-4-8-21/h1-11,13,15-18H,12,14,19-20H2,(H-,27,28,29)/p+1. The Morgan fingerprint density at radius 1 is 1.00 bits per heavy atom.